The molecule has 1 amide bonds. The van der Waals surface area contributed by atoms with Crippen molar-refractivity contribution in [1.82, 2.24) is 0 Å². The zero-order valence-corrected chi connectivity index (χ0v) is 14.2. The second-order valence-corrected chi connectivity index (χ2v) is 6.50. The average Bonchev–Trinajstić information content (AvgIpc) is 2.62. The fraction of sp³-hybridized carbons (Fsp3) is 0.190. The predicted molar refractivity (Wildman–Crippen MR) is 98.6 cm³/mol. The van der Waals surface area contributed by atoms with Gasteiger partial charge in [-0.1, -0.05) is 48.5 Å². The van der Waals surface area contributed by atoms with E-state index in [1.165, 1.54) is 23.0 Å². The van der Waals surface area contributed by atoms with E-state index in [1.54, 1.807) is 0 Å². The van der Waals surface area contributed by atoms with Gasteiger partial charge in [0.2, 0.25) is 12.6 Å². The second-order valence-electron chi connectivity index (χ2n) is 6.50. The summed E-state index contributed by atoms with van der Waals surface area (Å²) < 4.78 is 6.03. The smallest absolute Gasteiger partial charge is 0.222 e. The highest BCUT2D eigenvalue weighted by molar-refractivity contribution is 6.03. The van der Waals surface area contributed by atoms with Gasteiger partial charge in [0.05, 0.1) is 5.56 Å². The van der Waals surface area contributed by atoms with Crippen LogP contribution in [0.25, 0.3) is 10.8 Å². The summed E-state index contributed by atoms with van der Waals surface area (Å²) in [4.78, 5) is 12.9. The van der Waals surface area contributed by atoms with Crippen molar-refractivity contribution in [2.45, 2.75) is 20.0 Å². The highest BCUT2D eigenvalue weighted by atomic mass is 16.5. The van der Waals surface area contributed by atoms with E-state index in [9.17, 15) is 4.79 Å². The number of quaternary nitrogens is 1. The third-order valence-corrected chi connectivity index (χ3v) is 4.58. The zero-order chi connectivity index (χ0) is 17.2. The second kappa shape index (κ2) is 6.57. The molecule has 126 valence electrons. The monoisotopic (exact) mass is 333 g/mol. The summed E-state index contributed by atoms with van der Waals surface area (Å²) >= 11 is 0. The Labute approximate surface area is 147 Å². The first-order valence-electron chi connectivity index (χ1n) is 8.53. The minimum atomic E-state index is -0.0599. The molecule has 0 aromatic heterocycles. The molecule has 3 aromatic rings. The molecule has 0 aliphatic carbocycles. The molecule has 1 aliphatic rings. The van der Waals surface area contributed by atoms with E-state index in [2.05, 4.69) is 41.7 Å². The van der Waals surface area contributed by atoms with Crippen molar-refractivity contribution < 1.29 is 14.4 Å². The van der Waals surface area contributed by atoms with Crippen LogP contribution in [0.15, 0.2) is 60.7 Å². The predicted octanol–water partition coefficient (Wildman–Crippen LogP) is 2.73. The summed E-state index contributed by atoms with van der Waals surface area (Å²) in [5.74, 6) is 0.859. The molecule has 0 radical (unpaired) electrons. The fourth-order valence-electron chi connectivity index (χ4n) is 3.52. The van der Waals surface area contributed by atoms with Crippen molar-refractivity contribution >= 4 is 22.4 Å². The van der Waals surface area contributed by atoms with Gasteiger partial charge in [-0.3, -0.25) is 9.69 Å². The SMILES string of the molecule is CC(=O)Nc1cccc2ccc3c(c12)C[NH+](Cc1ccccc1)CO3. The lowest BCUT2D eigenvalue weighted by atomic mass is 10.00. The van der Waals surface area contributed by atoms with Crippen LogP contribution in [0, 0.1) is 0 Å². The molecule has 1 heterocycles. The number of nitrogens with one attached hydrogen (secondary N) is 2. The molecular formula is C21H21N2O2+. The molecule has 1 aliphatic heterocycles. The largest absolute Gasteiger partial charge is 0.445 e. The molecular weight excluding hydrogens is 312 g/mol. The van der Waals surface area contributed by atoms with E-state index in [0.29, 0.717) is 6.73 Å². The van der Waals surface area contributed by atoms with E-state index in [1.807, 2.05) is 24.3 Å². The Balaban J connectivity index is 1.72. The molecule has 1 unspecified atom stereocenters. The Morgan fingerprint density at radius 2 is 1.92 bits per heavy atom. The number of carbonyl (C=O) groups is 1. The molecule has 4 nitrogen and oxygen atoms in total. The van der Waals surface area contributed by atoms with E-state index >= 15 is 0 Å². The maximum absolute atomic E-state index is 11.6. The number of hydrogen-bond acceptors (Lipinski definition) is 2. The van der Waals surface area contributed by atoms with Crippen LogP contribution in [0.3, 0.4) is 0 Å². The van der Waals surface area contributed by atoms with Crippen LogP contribution in [0.2, 0.25) is 0 Å². The van der Waals surface area contributed by atoms with Crippen molar-refractivity contribution in [3.8, 4) is 5.75 Å². The van der Waals surface area contributed by atoms with Gasteiger partial charge in [-0.25, -0.2) is 0 Å². The van der Waals surface area contributed by atoms with E-state index in [-0.39, 0.29) is 5.91 Å². The first-order chi connectivity index (χ1) is 12.2. The van der Waals surface area contributed by atoms with Crippen molar-refractivity contribution in [2.24, 2.45) is 0 Å². The number of hydrogen-bond donors (Lipinski definition) is 2. The molecule has 2 N–H and O–H groups in total. The third-order valence-electron chi connectivity index (χ3n) is 4.58. The first kappa shape index (κ1) is 15.7. The zero-order valence-electron chi connectivity index (χ0n) is 14.2. The minimum Gasteiger partial charge on any atom is -0.445 e. The van der Waals surface area contributed by atoms with Crippen LogP contribution in [-0.2, 0) is 17.9 Å². The maximum Gasteiger partial charge on any atom is 0.222 e. The summed E-state index contributed by atoms with van der Waals surface area (Å²) in [5, 5.41) is 5.16. The quantitative estimate of drug-likeness (QED) is 0.774. The van der Waals surface area contributed by atoms with Gasteiger partial charge in [0.15, 0.2) is 0 Å². The van der Waals surface area contributed by atoms with Crippen LogP contribution in [0.4, 0.5) is 5.69 Å². The molecule has 0 saturated heterocycles. The molecule has 0 fully saturated rings. The molecule has 4 rings (SSSR count). The van der Waals surface area contributed by atoms with Gasteiger partial charge < -0.3 is 10.1 Å². The van der Waals surface area contributed by atoms with Gasteiger partial charge in [-0.15, -0.1) is 0 Å². The maximum atomic E-state index is 11.6. The summed E-state index contributed by atoms with van der Waals surface area (Å²) in [6.07, 6.45) is 0. The van der Waals surface area contributed by atoms with Gasteiger partial charge in [0.25, 0.3) is 0 Å². The van der Waals surface area contributed by atoms with E-state index < -0.39 is 0 Å². The number of benzene rings is 3. The fourth-order valence-corrected chi connectivity index (χ4v) is 3.52. The number of fused-ring (bicyclic) bond motifs is 3. The van der Waals surface area contributed by atoms with Crippen LogP contribution in [-0.4, -0.2) is 12.6 Å². The van der Waals surface area contributed by atoms with Crippen LogP contribution in [0.1, 0.15) is 18.1 Å². The molecule has 25 heavy (non-hydrogen) atoms. The van der Waals surface area contributed by atoms with Gasteiger partial charge in [-0.2, -0.15) is 0 Å². The van der Waals surface area contributed by atoms with Gasteiger partial charge >= 0.3 is 0 Å². The minimum absolute atomic E-state index is 0.0599. The van der Waals surface area contributed by atoms with Crippen molar-refractivity contribution in [3.05, 3.63) is 71.8 Å². The standard InChI is InChI=1S/C21H20N2O2/c1-15(24)22-19-9-5-8-17-10-11-20-18(21(17)19)13-23(14-25-20)12-16-6-3-2-4-7-16/h2-11H,12-14H2,1H3,(H,22,24)/p+1. The molecule has 3 aromatic carbocycles. The topological polar surface area (TPSA) is 42.8 Å². The Bertz CT molecular complexity index is 922. The Morgan fingerprint density at radius 3 is 2.72 bits per heavy atom. The molecule has 0 spiro atoms. The highest BCUT2D eigenvalue weighted by Crippen LogP contribution is 2.34. The van der Waals surface area contributed by atoms with Crippen LogP contribution < -0.4 is 15.0 Å². The number of rotatable bonds is 3. The normalized spacial score (nSPS) is 16.1. The van der Waals surface area contributed by atoms with Gasteiger partial charge in [0, 0.05) is 23.6 Å². The van der Waals surface area contributed by atoms with Crippen molar-refractivity contribution in [2.75, 3.05) is 12.0 Å². The lowest BCUT2D eigenvalue weighted by molar-refractivity contribution is -0.945. The summed E-state index contributed by atoms with van der Waals surface area (Å²) in [6, 6.07) is 20.6. The average molecular weight is 333 g/mol. The number of amides is 1. The van der Waals surface area contributed by atoms with E-state index in [0.717, 1.165) is 35.3 Å². The third kappa shape index (κ3) is 3.21. The Morgan fingerprint density at radius 1 is 1.08 bits per heavy atom. The molecule has 1 atom stereocenters. The molecule has 4 heteroatoms. The van der Waals surface area contributed by atoms with Crippen LogP contribution >= 0.6 is 0 Å². The highest BCUT2D eigenvalue weighted by Gasteiger charge is 2.24. The Hall–Kier alpha value is -2.85. The summed E-state index contributed by atoms with van der Waals surface area (Å²) in [7, 11) is 0. The number of anilines is 1. The Kier molecular flexibility index (Phi) is 4.12. The van der Waals surface area contributed by atoms with E-state index in [4.69, 9.17) is 4.74 Å². The number of ether oxygens (including phenoxy) is 1. The number of carbonyl (C=O) groups excluding carboxylic acids is 1. The van der Waals surface area contributed by atoms with Crippen molar-refractivity contribution in [3.63, 3.8) is 0 Å². The lowest BCUT2D eigenvalue weighted by Crippen LogP contribution is -3.10. The molecule has 0 bridgehead atoms. The summed E-state index contributed by atoms with van der Waals surface area (Å²) in [5.41, 5.74) is 3.32. The van der Waals surface area contributed by atoms with Gasteiger partial charge in [0.1, 0.15) is 18.8 Å². The van der Waals surface area contributed by atoms with Crippen LogP contribution in [0.5, 0.6) is 5.75 Å². The first-order valence-corrected chi connectivity index (χ1v) is 8.53. The van der Waals surface area contributed by atoms with Crippen molar-refractivity contribution in [1.29, 1.82) is 0 Å². The molecule has 0 saturated carbocycles. The summed E-state index contributed by atoms with van der Waals surface area (Å²) in [6.45, 7) is 3.98. The lowest BCUT2D eigenvalue weighted by Gasteiger charge is -2.27. The van der Waals surface area contributed by atoms with Gasteiger partial charge in [-0.05, 0) is 17.5 Å².